The molecule has 162 valence electrons. The first kappa shape index (κ1) is 22.6. The van der Waals surface area contributed by atoms with Gasteiger partial charge in [0.25, 0.3) is 5.91 Å². The fourth-order valence-electron chi connectivity index (χ4n) is 3.98. The Morgan fingerprint density at radius 1 is 1.13 bits per heavy atom. The van der Waals surface area contributed by atoms with Crippen LogP contribution in [0.15, 0.2) is 29.6 Å². The fraction of sp³-hybridized carbons (Fsp3) is 0.455. The van der Waals surface area contributed by atoms with Gasteiger partial charge in [-0.1, -0.05) is 6.07 Å². The zero-order valence-corrected chi connectivity index (χ0v) is 18.9. The molecule has 6 nitrogen and oxygen atoms in total. The number of amides is 3. The van der Waals surface area contributed by atoms with Crippen molar-refractivity contribution in [1.82, 2.24) is 15.5 Å². The van der Waals surface area contributed by atoms with E-state index in [1.807, 2.05) is 34.9 Å². The second-order valence-electron chi connectivity index (χ2n) is 7.68. The molecule has 0 radical (unpaired) electrons. The number of nitrogens with one attached hydrogen (secondary N) is 2. The molecule has 0 aliphatic carbocycles. The van der Waals surface area contributed by atoms with E-state index in [0.29, 0.717) is 12.1 Å². The Hall–Kier alpha value is -2.09. The maximum absolute atomic E-state index is 13.2. The lowest BCUT2D eigenvalue weighted by Crippen LogP contribution is -2.50. The molecular formula is C22H29ClN4O2S. The molecule has 0 bridgehead atoms. The fourth-order valence-corrected chi connectivity index (χ4v) is 4.90. The minimum Gasteiger partial charge on any atom is -0.334 e. The number of fused-ring (bicyclic) bond motifs is 1. The van der Waals surface area contributed by atoms with Crippen molar-refractivity contribution in [2.45, 2.75) is 32.7 Å². The maximum Gasteiger partial charge on any atom is 0.317 e. The van der Waals surface area contributed by atoms with E-state index >= 15 is 0 Å². The molecule has 2 N–H and O–H groups in total. The van der Waals surface area contributed by atoms with Gasteiger partial charge in [-0.3, -0.25) is 4.79 Å². The van der Waals surface area contributed by atoms with Crippen LogP contribution in [0.4, 0.5) is 10.5 Å². The smallest absolute Gasteiger partial charge is 0.317 e. The zero-order chi connectivity index (χ0) is 20.2. The summed E-state index contributed by atoms with van der Waals surface area (Å²) in [6, 6.07) is 7.84. The van der Waals surface area contributed by atoms with E-state index in [0.717, 1.165) is 68.8 Å². The van der Waals surface area contributed by atoms with Crippen molar-refractivity contribution in [2.24, 2.45) is 0 Å². The molecule has 2 aromatic rings. The number of benzene rings is 1. The standard InChI is InChI=1S/C22H28N4O2S.ClH/c1-16-14-17(21(27)26-10-3-2-4-20-19(26)7-13-29-20)5-6-18(16)15-24-22(28)25-11-8-23-9-12-25;/h5-7,13-14,23H,2-4,8-12,15H2,1H3,(H,24,28);1H. The number of hydrogen-bond acceptors (Lipinski definition) is 4. The Balaban J connectivity index is 0.00000256. The molecular weight excluding hydrogens is 420 g/mol. The van der Waals surface area contributed by atoms with Crippen molar-refractivity contribution in [3.63, 3.8) is 0 Å². The predicted molar refractivity (Wildman–Crippen MR) is 124 cm³/mol. The molecule has 0 spiro atoms. The first-order valence-electron chi connectivity index (χ1n) is 10.3. The van der Waals surface area contributed by atoms with Crippen LogP contribution in [0.25, 0.3) is 0 Å². The number of aryl methyl sites for hydroxylation is 2. The summed E-state index contributed by atoms with van der Waals surface area (Å²) in [5.41, 5.74) is 3.84. The van der Waals surface area contributed by atoms with Gasteiger partial charge in [-0.05, 0) is 60.9 Å². The highest BCUT2D eigenvalue weighted by Gasteiger charge is 2.23. The Bertz CT molecular complexity index is 895. The number of piperazine rings is 1. The molecule has 4 rings (SSSR count). The number of carbonyl (C=O) groups excluding carboxylic acids is 2. The molecule has 30 heavy (non-hydrogen) atoms. The molecule has 0 unspecified atom stereocenters. The molecule has 8 heteroatoms. The van der Waals surface area contributed by atoms with Crippen LogP contribution in [0.3, 0.4) is 0 Å². The Kier molecular flexibility index (Phi) is 7.75. The average molecular weight is 449 g/mol. The quantitative estimate of drug-likeness (QED) is 0.754. The highest BCUT2D eigenvalue weighted by Crippen LogP contribution is 2.32. The molecule has 2 aliphatic heterocycles. The SMILES string of the molecule is Cc1cc(C(=O)N2CCCCc3sccc32)ccc1CNC(=O)N1CCNCC1.Cl. The number of rotatable bonds is 3. The van der Waals surface area contributed by atoms with Gasteiger partial charge in [0.1, 0.15) is 0 Å². The normalized spacial score (nSPS) is 16.3. The van der Waals surface area contributed by atoms with Crippen molar-refractivity contribution < 1.29 is 9.59 Å². The van der Waals surface area contributed by atoms with Gasteiger partial charge >= 0.3 is 6.03 Å². The minimum atomic E-state index is -0.0272. The number of halogens is 1. The van der Waals surface area contributed by atoms with Crippen LogP contribution < -0.4 is 15.5 Å². The molecule has 1 aromatic heterocycles. The first-order valence-corrected chi connectivity index (χ1v) is 11.2. The molecule has 1 fully saturated rings. The second kappa shape index (κ2) is 10.3. The number of nitrogens with zero attached hydrogens (tertiary/aromatic N) is 2. The summed E-state index contributed by atoms with van der Waals surface area (Å²) in [4.78, 5) is 30.6. The molecule has 3 amide bonds. The highest BCUT2D eigenvalue weighted by atomic mass is 35.5. The van der Waals surface area contributed by atoms with Gasteiger partial charge in [0.05, 0.1) is 5.69 Å². The van der Waals surface area contributed by atoms with Gasteiger partial charge in [0.15, 0.2) is 0 Å². The average Bonchev–Trinajstić information content (AvgIpc) is 3.12. The summed E-state index contributed by atoms with van der Waals surface area (Å²) >= 11 is 1.74. The van der Waals surface area contributed by atoms with Gasteiger partial charge in [-0.15, -0.1) is 23.7 Å². The van der Waals surface area contributed by atoms with Gasteiger partial charge in [0, 0.05) is 49.7 Å². The predicted octanol–water partition coefficient (Wildman–Crippen LogP) is 3.58. The zero-order valence-electron chi connectivity index (χ0n) is 17.3. The van der Waals surface area contributed by atoms with E-state index in [2.05, 4.69) is 22.1 Å². The molecule has 1 saturated heterocycles. The van der Waals surface area contributed by atoms with E-state index < -0.39 is 0 Å². The molecule has 1 aromatic carbocycles. The summed E-state index contributed by atoms with van der Waals surface area (Å²) in [6.07, 6.45) is 3.21. The summed E-state index contributed by atoms with van der Waals surface area (Å²) in [7, 11) is 0. The topological polar surface area (TPSA) is 64.7 Å². The van der Waals surface area contributed by atoms with E-state index in [-0.39, 0.29) is 24.3 Å². The van der Waals surface area contributed by atoms with E-state index in [4.69, 9.17) is 0 Å². The Morgan fingerprint density at radius 2 is 1.93 bits per heavy atom. The number of hydrogen-bond donors (Lipinski definition) is 2. The van der Waals surface area contributed by atoms with E-state index in [1.165, 1.54) is 4.88 Å². The highest BCUT2D eigenvalue weighted by molar-refractivity contribution is 7.10. The first-order chi connectivity index (χ1) is 14.1. The lowest BCUT2D eigenvalue weighted by atomic mass is 10.0. The summed E-state index contributed by atoms with van der Waals surface area (Å²) in [6.45, 7) is 6.39. The van der Waals surface area contributed by atoms with Crippen LogP contribution in [0.5, 0.6) is 0 Å². The van der Waals surface area contributed by atoms with Gasteiger partial charge in [-0.25, -0.2) is 4.79 Å². The van der Waals surface area contributed by atoms with E-state index in [9.17, 15) is 9.59 Å². The molecule has 2 aliphatic rings. The largest absolute Gasteiger partial charge is 0.334 e. The van der Waals surface area contributed by atoms with Crippen LogP contribution >= 0.6 is 23.7 Å². The summed E-state index contributed by atoms with van der Waals surface area (Å²) < 4.78 is 0. The summed E-state index contributed by atoms with van der Waals surface area (Å²) in [5.74, 6) is 0.0612. The molecule has 3 heterocycles. The second-order valence-corrected chi connectivity index (χ2v) is 8.68. The molecule has 0 saturated carbocycles. The van der Waals surface area contributed by atoms with Crippen LogP contribution in [0.2, 0.25) is 0 Å². The maximum atomic E-state index is 13.2. The van der Waals surface area contributed by atoms with E-state index in [1.54, 1.807) is 11.3 Å². The third-order valence-electron chi connectivity index (χ3n) is 5.72. The van der Waals surface area contributed by atoms with Crippen LogP contribution in [0.1, 0.15) is 39.2 Å². The monoisotopic (exact) mass is 448 g/mol. The van der Waals surface area contributed by atoms with Crippen LogP contribution in [-0.2, 0) is 13.0 Å². The lowest BCUT2D eigenvalue weighted by Gasteiger charge is -2.27. The van der Waals surface area contributed by atoms with Gasteiger partial charge in [0.2, 0.25) is 0 Å². The third-order valence-corrected chi connectivity index (χ3v) is 6.69. The van der Waals surface area contributed by atoms with Crippen molar-refractivity contribution in [3.05, 3.63) is 51.2 Å². The lowest BCUT2D eigenvalue weighted by molar-refractivity contribution is 0.0987. The third kappa shape index (κ3) is 4.96. The van der Waals surface area contributed by atoms with Gasteiger partial charge in [-0.2, -0.15) is 0 Å². The van der Waals surface area contributed by atoms with Gasteiger partial charge < -0.3 is 20.4 Å². The number of carbonyl (C=O) groups is 2. The number of urea groups is 1. The van der Waals surface area contributed by atoms with Crippen molar-refractivity contribution >= 4 is 41.4 Å². The number of anilines is 1. The van der Waals surface area contributed by atoms with Crippen molar-refractivity contribution in [3.8, 4) is 0 Å². The minimum absolute atomic E-state index is 0. The van der Waals surface area contributed by atoms with Crippen LogP contribution in [0, 0.1) is 6.92 Å². The Morgan fingerprint density at radius 3 is 2.70 bits per heavy atom. The molecule has 0 atom stereocenters. The summed E-state index contributed by atoms with van der Waals surface area (Å²) in [5, 5.41) is 8.33. The Labute approximate surface area is 188 Å². The number of thiophene rings is 1. The van der Waals surface area contributed by atoms with Crippen LogP contribution in [-0.4, -0.2) is 49.6 Å². The van der Waals surface area contributed by atoms with Crippen molar-refractivity contribution in [1.29, 1.82) is 0 Å². The van der Waals surface area contributed by atoms with Crippen molar-refractivity contribution in [2.75, 3.05) is 37.6 Å².